The number of methoxy groups -OCH3 is 1. The molecular formula is C14H14ClNOS. The maximum atomic E-state index is 6.12. The molecule has 0 bridgehead atoms. The summed E-state index contributed by atoms with van der Waals surface area (Å²) in [4.78, 5) is 1.08. The van der Waals surface area contributed by atoms with Crippen LogP contribution < -0.4 is 10.5 Å². The van der Waals surface area contributed by atoms with E-state index in [0.717, 1.165) is 27.0 Å². The normalized spacial score (nSPS) is 10.3. The first-order valence-electron chi connectivity index (χ1n) is 5.50. The largest absolute Gasteiger partial charge is 0.497 e. The van der Waals surface area contributed by atoms with E-state index in [1.165, 1.54) is 0 Å². The van der Waals surface area contributed by atoms with E-state index in [4.69, 9.17) is 22.1 Å². The zero-order chi connectivity index (χ0) is 13.0. The smallest absolute Gasteiger partial charge is 0.122 e. The van der Waals surface area contributed by atoms with Gasteiger partial charge >= 0.3 is 0 Å². The molecule has 0 aliphatic rings. The first-order valence-corrected chi connectivity index (χ1v) is 6.86. The minimum atomic E-state index is 0.705. The highest BCUT2D eigenvalue weighted by Crippen LogP contribution is 2.30. The highest BCUT2D eigenvalue weighted by Gasteiger charge is 2.03. The lowest BCUT2D eigenvalue weighted by Crippen LogP contribution is -1.89. The Morgan fingerprint density at radius 2 is 2.00 bits per heavy atom. The van der Waals surface area contributed by atoms with Crippen LogP contribution in [0.3, 0.4) is 0 Å². The predicted molar refractivity (Wildman–Crippen MR) is 78.4 cm³/mol. The Bertz CT molecular complexity index is 545. The molecule has 0 spiro atoms. The highest BCUT2D eigenvalue weighted by atomic mass is 35.5. The van der Waals surface area contributed by atoms with Gasteiger partial charge in [0.1, 0.15) is 5.75 Å². The summed E-state index contributed by atoms with van der Waals surface area (Å²) >= 11 is 7.80. The summed E-state index contributed by atoms with van der Waals surface area (Å²) in [5.74, 6) is 1.59. The van der Waals surface area contributed by atoms with Crippen molar-refractivity contribution >= 4 is 29.1 Å². The standard InChI is InChI=1S/C14H14ClNOS/c1-17-12-6-11(16)7-13(8-12)18-9-10-4-2-3-5-14(10)15/h2-8H,9,16H2,1H3. The van der Waals surface area contributed by atoms with Crippen molar-refractivity contribution in [3.63, 3.8) is 0 Å². The summed E-state index contributed by atoms with van der Waals surface area (Å²) in [6.45, 7) is 0. The number of halogens is 1. The maximum absolute atomic E-state index is 6.12. The molecule has 2 aromatic carbocycles. The number of anilines is 1. The summed E-state index contributed by atoms with van der Waals surface area (Å²) in [5.41, 5.74) is 7.64. The molecule has 0 radical (unpaired) electrons. The Kier molecular flexibility index (Phi) is 4.39. The molecule has 0 amide bonds. The zero-order valence-corrected chi connectivity index (χ0v) is 11.6. The van der Waals surface area contributed by atoms with Crippen LogP contribution in [0.2, 0.25) is 5.02 Å². The number of thioether (sulfide) groups is 1. The molecule has 18 heavy (non-hydrogen) atoms. The van der Waals surface area contributed by atoms with Gasteiger partial charge in [0.2, 0.25) is 0 Å². The molecule has 0 aromatic heterocycles. The monoisotopic (exact) mass is 279 g/mol. The molecule has 94 valence electrons. The third-order valence-electron chi connectivity index (χ3n) is 2.49. The number of nitrogens with two attached hydrogens (primary N) is 1. The maximum Gasteiger partial charge on any atom is 0.122 e. The molecule has 0 saturated heterocycles. The predicted octanol–water partition coefficient (Wildman–Crippen LogP) is 4.22. The number of hydrogen-bond donors (Lipinski definition) is 1. The van der Waals surface area contributed by atoms with E-state index in [1.807, 2.05) is 36.4 Å². The van der Waals surface area contributed by atoms with Gasteiger partial charge in [-0.25, -0.2) is 0 Å². The van der Waals surface area contributed by atoms with Crippen LogP contribution in [-0.2, 0) is 5.75 Å². The van der Waals surface area contributed by atoms with E-state index in [2.05, 4.69) is 0 Å². The van der Waals surface area contributed by atoms with Crippen molar-refractivity contribution in [1.82, 2.24) is 0 Å². The Balaban J connectivity index is 2.11. The average molecular weight is 280 g/mol. The Morgan fingerprint density at radius 1 is 1.22 bits per heavy atom. The van der Waals surface area contributed by atoms with Crippen LogP contribution in [0.1, 0.15) is 5.56 Å². The highest BCUT2D eigenvalue weighted by molar-refractivity contribution is 7.98. The van der Waals surface area contributed by atoms with Crippen LogP contribution in [0.25, 0.3) is 0 Å². The Morgan fingerprint density at radius 3 is 2.72 bits per heavy atom. The molecule has 4 heteroatoms. The quantitative estimate of drug-likeness (QED) is 0.672. The molecule has 0 saturated carbocycles. The van der Waals surface area contributed by atoms with Crippen LogP contribution in [0.15, 0.2) is 47.4 Å². The lowest BCUT2D eigenvalue weighted by molar-refractivity contribution is 0.414. The minimum absolute atomic E-state index is 0.705. The molecule has 0 aliphatic carbocycles. The van der Waals surface area contributed by atoms with E-state index in [-0.39, 0.29) is 0 Å². The molecular weight excluding hydrogens is 266 g/mol. The number of ether oxygens (including phenoxy) is 1. The first-order chi connectivity index (χ1) is 8.69. The fourth-order valence-electron chi connectivity index (χ4n) is 1.57. The van der Waals surface area contributed by atoms with E-state index in [0.29, 0.717) is 5.69 Å². The lowest BCUT2D eigenvalue weighted by Gasteiger charge is -2.07. The molecule has 0 heterocycles. The van der Waals surface area contributed by atoms with Gasteiger partial charge in [-0.1, -0.05) is 29.8 Å². The van der Waals surface area contributed by atoms with Crippen molar-refractivity contribution in [2.24, 2.45) is 0 Å². The zero-order valence-electron chi connectivity index (χ0n) is 10.0. The molecule has 0 unspecified atom stereocenters. The van der Waals surface area contributed by atoms with E-state index in [1.54, 1.807) is 24.9 Å². The molecule has 0 aliphatic heterocycles. The summed E-state index contributed by atoms with van der Waals surface area (Å²) in [6.07, 6.45) is 0. The molecule has 2 nitrogen and oxygen atoms in total. The van der Waals surface area contributed by atoms with Crippen molar-refractivity contribution in [3.05, 3.63) is 53.1 Å². The van der Waals surface area contributed by atoms with Gasteiger partial charge in [-0.15, -0.1) is 11.8 Å². The van der Waals surface area contributed by atoms with Gasteiger partial charge in [0, 0.05) is 27.4 Å². The van der Waals surface area contributed by atoms with Crippen molar-refractivity contribution in [2.45, 2.75) is 10.6 Å². The molecule has 2 rings (SSSR count). The van der Waals surface area contributed by atoms with Crippen LogP contribution >= 0.6 is 23.4 Å². The van der Waals surface area contributed by atoms with Crippen molar-refractivity contribution in [2.75, 3.05) is 12.8 Å². The van der Waals surface area contributed by atoms with Crippen LogP contribution in [0, 0.1) is 0 Å². The average Bonchev–Trinajstić information content (AvgIpc) is 2.37. The SMILES string of the molecule is COc1cc(N)cc(SCc2ccccc2Cl)c1. The second-order valence-corrected chi connectivity index (χ2v) is 5.28. The second-order valence-electron chi connectivity index (χ2n) is 3.82. The van der Waals surface area contributed by atoms with Gasteiger partial charge in [-0.05, 0) is 23.8 Å². The fourth-order valence-corrected chi connectivity index (χ4v) is 2.85. The van der Waals surface area contributed by atoms with Gasteiger partial charge in [-0.2, -0.15) is 0 Å². The molecule has 2 aromatic rings. The second kappa shape index (κ2) is 6.03. The lowest BCUT2D eigenvalue weighted by atomic mass is 10.2. The summed E-state index contributed by atoms with van der Waals surface area (Å²) < 4.78 is 5.19. The van der Waals surface area contributed by atoms with Crippen molar-refractivity contribution < 1.29 is 4.74 Å². The Hall–Kier alpha value is -1.32. The van der Waals surface area contributed by atoms with E-state index < -0.39 is 0 Å². The third-order valence-corrected chi connectivity index (χ3v) is 3.88. The van der Waals surface area contributed by atoms with Gasteiger partial charge in [0.05, 0.1) is 7.11 Å². The fraction of sp³-hybridized carbons (Fsp3) is 0.143. The third kappa shape index (κ3) is 3.34. The Labute approximate surface area is 116 Å². The van der Waals surface area contributed by atoms with E-state index in [9.17, 15) is 0 Å². The van der Waals surface area contributed by atoms with Crippen LogP contribution in [0.5, 0.6) is 5.75 Å². The van der Waals surface area contributed by atoms with Gasteiger partial charge in [-0.3, -0.25) is 0 Å². The number of hydrogen-bond acceptors (Lipinski definition) is 3. The molecule has 2 N–H and O–H groups in total. The van der Waals surface area contributed by atoms with Gasteiger partial charge < -0.3 is 10.5 Å². The first kappa shape index (κ1) is 13.1. The van der Waals surface area contributed by atoms with Crippen LogP contribution in [0.4, 0.5) is 5.69 Å². The summed E-state index contributed by atoms with van der Waals surface area (Å²) in [7, 11) is 1.64. The van der Waals surface area contributed by atoms with Gasteiger partial charge in [0.15, 0.2) is 0 Å². The molecule has 0 atom stereocenters. The van der Waals surface area contributed by atoms with Gasteiger partial charge in [0.25, 0.3) is 0 Å². The van der Waals surface area contributed by atoms with Crippen LogP contribution in [-0.4, -0.2) is 7.11 Å². The van der Waals surface area contributed by atoms with Crippen molar-refractivity contribution in [3.8, 4) is 5.75 Å². The summed E-state index contributed by atoms with van der Waals surface area (Å²) in [5, 5.41) is 0.792. The molecule has 0 fully saturated rings. The topological polar surface area (TPSA) is 35.2 Å². The van der Waals surface area contributed by atoms with Crippen molar-refractivity contribution in [1.29, 1.82) is 0 Å². The number of rotatable bonds is 4. The minimum Gasteiger partial charge on any atom is -0.497 e. The summed E-state index contributed by atoms with van der Waals surface area (Å²) in [6, 6.07) is 13.6. The number of benzene rings is 2. The van der Waals surface area contributed by atoms with E-state index >= 15 is 0 Å². The number of nitrogen functional groups attached to an aromatic ring is 1.